The van der Waals surface area contributed by atoms with Gasteiger partial charge >= 0.3 is 0 Å². The van der Waals surface area contributed by atoms with Gasteiger partial charge in [-0.3, -0.25) is 4.57 Å². The minimum Gasteiger partial charge on any atom is -0.355 e. The lowest BCUT2D eigenvalue weighted by Gasteiger charge is -2.12. The Balaban J connectivity index is 2.30. The fourth-order valence-electron chi connectivity index (χ4n) is 1.60. The van der Waals surface area contributed by atoms with Crippen LogP contribution in [-0.4, -0.2) is 16.1 Å². The van der Waals surface area contributed by atoms with E-state index in [4.69, 9.17) is 11.6 Å². The third-order valence-electron chi connectivity index (χ3n) is 2.48. The average Bonchev–Trinajstić information content (AvgIpc) is 2.74. The molecule has 1 aromatic heterocycles. The summed E-state index contributed by atoms with van der Waals surface area (Å²) in [4.78, 5) is 4.23. The van der Waals surface area contributed by atoms with Gasteiger partial charge in [0.05, 0.1) is 10.7 Å². The van der Waals surface area contributed by atoms with Gasteiger partial charge in [0, 0.05) is 18.9 Å². The van der Waals surface area contributed by atoms with E-state index in [0.717, 1.165) is 6.54 Å². The summed E-state index contributed by atoms with van der Waals surface area (Å²) in [5.74, 6) is 0.872. The smallest absolute Gasteiger partial charge is 0.207 e. The first kappa shape index (κ1) is 12.9. The van der Waals surface area contributed by atoms with E-state index in [-0.39, 0.29) is 5.82 Å². The third-order valence-corrected chi connectivity index (χ3v) is 2.78. The van der Waals surface area contributed by atoms with Gasteiger partial charge in [0.25, 0.3) is 0 Å². The zero-order valence-electron chi connectivity index (χ0n) is 10.3. The van der Waals surface area contributed by atoms with Crippen molar-refractivity contribution in [3.05, 3.63) is 41.4 Å². The lowest BCUT2D eigenvalue weighted by Crippen LogP contribution is -2.12. The van der Waals surface area contributed by atoms with Crippen molar-refractivity contribution in [1.29, 1.82) is 0 Å². The maximum atomic E-state index is 13.0. The molecule has 0 aliphatic rings. The van der Waals surface area contributed by atoms with Crippen LogP contribution in [0.4, 0.5) is 10.3 Å². The van der Waals surface area contributed by atoms with E-state index in [2.05, 4.69) is 24.1 Å². The van der Waals surface area contributed by atoms with E-state index in [0.29, 0.717) is 22.6 Å². The number of hydrogen-bond acceptors (Lipinski definition) is 2. The standard InChI is InChI=1S/C13H15ClFN3/c1-9(2)8-17-13-16-5-6-18(13)12-4-3-10(15)7-11(12)14/h3-7,9H,8H2,1-2H3,(H,16,17). The Morgan fingerprint density at radius 3 is 2.89 bits per heavy atom. The summed E-state index contributed by atoms with van der Waals surface area (Å²) >= 11 is 6.04. The number of benzene rings is 1. The lowest BCUT2D eigenvalue weighted by atomic mass is 10.2. The van der Waals surface area contributed by atoms with Gasteiger partial charge in [0.15, 0.2) is 0 Å². The van der Waals surface area contributed by atoms with E-state index >= 15 is 0 Å². The molecular weight excluding hydrogens is 253 g/mol. The highest BCUT2D eigenvalue weighted by atomic mass is 35.5. The Morgan fingerprint density at radius 2 is 2.22 bits per heavy atom. The number of hydrogen-bond donors (Lipinski definition) is 1. The number of halogens is 2. The molecule has 0 atom stereocenters. The van der Waals surface area contributed by atoms with Crippen LogP contribution in [0.5, 0.6) is 0 Å². The van der Waals surface area contributed by atoms with Crippen LogP contribution in [0.2, 0.25) is 5.02 Å². The Labute approximate surface area is 111 Å². The molecule has 96 valence electrons. The second-order valence-corrected chi connectivity index (χ2v) is 4.90. The van der Waals surface area contributed by atoms with Gasteiger partial charge in [0.2, 0.25) is 5.95 Å². The Bertz CT molecular complexity index is 537. The summed E-state index contributed by atoms with van der Waals surface area (Å²) < 4.78 is 14.8. The zero-order chi connectivity index (χ0) is 13.1. The number of nitrogens with zero attached hydrogens (tertiary/aromatic N) is 2. The molecule has 1 aromatic carbocycles. The topological polar surface area (TPSA) is 29.9 Å². The quantitative estimate of drug-likeness (QED) is 0.915. The zero-order valence-corrected chi connectivity index (χ0v) is 11.1. The van der Waals surface area contributed by atoms with Crippen LogP contribution in [0.15, 0.2) is 30.6 Å². The van der Waals surface area contributed by atoms with Gasteiger partial charge in [-0.1, -0.05) is 25.4 Å². The van der Waals surface area contributed by atoms with Crippen molar-refractivity contribution in [1.82, 2.24) is 9.55 Å². The second kappa shape index (κ2) is 5.40. The van der Waals surface area contributed by atoms with Gasteiger partial charge < -0.3 is 5.32 Å². The van der Waals surface area contributed by atoms with Crippen molar-refractivity contribution < 1.29 is 4.39 Å². The normalized spacial score (nSPS) is 10.9. The van der Waals surface area contributed by atoms with Crippen LogP contribution < -0.4 is 5.32 Å². The first-order chi connectivity index (χ1) is 8.58. The van der Waals surface area contributed by atoms with Crippen molar-refractivity contribution in [3.63, 3.8) is 0 Å². The van der Waals surface area contributed by atoms with E-state index in [1.54, 1.807) is 18.5 Å². The van der Waals surface area contributed by atoms with Crippen molar-refractivity contribution >= 4 is 17.5 Å². The van der Waals surface area contributed by atoms with E-state index in [1.165, 1.54) is 12.1 Å². The van der Waals surface area contributed by atoms with Gasteiger partial charge in [-0.2, -0.15) is 0 Å². The summed E-state index contributed by atoms with van der Waals surface area (Å²) in [7, 11) is 0. The molecule has 5 heteroatoms. The van der Waals surface area contributed by atoms with Crippen LogP contribution >= 0.6 is 11.6 Å². The molecule has 3 nitrogen and oxygen atoms in total. The molecule has 1 heterocycles. The molecule has 0 aliphatic carbocycles. The minimum atomic E-state index is -0.347. The maximum Gasteiger partial charge on any atom is 0.207 e. The van der Waals surface area contributed by atoms with Crippen LogP contribution in [0.3, 0.4) is 0 Å². The summed E-state index contributed by atoms with van der Waals surface area (Å²) in [5, 5.41) is 3.59. The average molecular weight is 268 g/mol. The number of nitrogens with one attached hydrogen (secondary N) is 1. The van der Waals surface area contributed by atoms with Crippen LogP contribution in [0.25, 0.3) is 5.69 Å². The highest BCUT2D eigenvalue weighted by Gasteiger charge is 2.09. The Kier molecular flexibility index (Phi) is 3.87. The first-order valence-electron chi connectivity index (χ1n) is 5.80. The van der Waals surface area contributed by atoms with Gasteiger partial charge in [-0.15, -0.1) is 0 Å². The van der Waals surface area contributed by atoms with Crippen molar-refractivity contribution in [2.75, 3.05) is 11.9 Å². The summed E-state index contributed by atoms with van der Waals surface area (Å²) in [6.45, 7) is 5.05. The van der Waals surface area contributed by atoms with Crippen LogP contribution in [-0.2, 0) is 0 Å². The molecule has 0 radical (unpaired) electrons. The number of aromatic nitrogens is 2. The van der Waals surface area contributed by atoms with Crippen molar-refractivity contribution in [3.8, 4) is 5.69 Å². The second-order valence-electron chi connectivity index (χ2n) is 4.49. The van der Waals surface area contributed by atoms with E-state index in [9.17, 15) is 4.39 Å². The molecule has 0 saturated heterocycles. The highest BCUT2D eigenvalue weighted by molar-refractivity contribution is 6.32. The van der Waals surface area contributed by atoms with Crippen LogP contribution in [0.1, 0.15) is 13.8 Å². The van der Waals surface area contributed by atoms with Crippen molar-refractivity contribution in [2.24, 2.45) is 5.92 Å². The van der Waals surface area contributed by atoms with Gasteiger partial charge in [-0.05, 0) is 24.1 Å². The van der Waals surface area contributed by atoms with E-state index < -0.39 is 0 Å². The number of rotatable bonds is 4. The molecule has 0 unspecified atom stereocenters. The molecule has 0 saturated carbocycles. The SMILES string of the molecule is CC(C)CNc1nccn1-c1ccc(F)cc1Cl. The third kappa shape index (κ3) is 2.82. The number of anilines is 1. The molecule has 1 N–H and O–H groups in total. The monoisotopic (exact) mass is 267 g/mol. The fourth-order valence-corrected chi connectivity index (χ4v) is 1.86. The molecule has 2 aromatic rings. The molecule has 0 bridgehead atoms. The maximum absolute atomic E-state index is 13.0. The first-order valence-corrected chi connectivity index (χ1v) is 6.18. The molecule has 18 heavy (non-hydrogen) atoms. The Hall–Kier alpha value is -1.55. The predicted molar refractivity (Wildman–Crippen MR) is 71.9 cm³/mol. The van der Waals surface area contributed by atoms with Crippen LogP contribution in [0, 0.1) is 11.7 Å². The highest BCUT2D eigenvalue weighted by Crippen LogP contribution is 2.24. The van der Waals surface area contributed by atoms with Gasteiger partial charge in [-0.25, -0.2) is 9.37 Å². The molecule has 0 amide bonds. The van der Waals surface area contributed by atoms with E-state index in [1.807, 2.05) is 4.57 Å². The molecule has 0 fully saturated rings. The van der Waals surface area contributed by atoms with Gasteiger partial charge in [0.1, 0.15) is 5.82 Å². The fraction of sp³-hybridized carbons (Fsp3) is 0.308. The van der Waals surface area contributed by atoms with Crippen molar-refractivity contribution in [2.45, 2.75) is 13.8 Å². The molecule has 0 spiro atoms. The summed E-state index contributed by atoms with van der Waals surface area (Å²) in [6, 6.07) is 4.32. The molecule has 0 aliphatic heterocycles. The number of imidazole rings is 1. The Morgan fingerprint density at radius 1 is 1.44 bits per heavy atom. The molecular formula is C13H15ClFN3. The lowest BCUT2D eigenvalue weighted by molar-refractivity contribution is 0.627. The predicted octanol–water partition coefficient (Wildman–Crippen LogP) is 3.73. The minimum absolute atomic E-state index is 0.347. The summed E-state index contributed by atoms with van der Waals surface area (Å²) in [5.41, 5.74) is 0.710. The largest absolute Gasteiger partial charge is 0.355 e. The molecule has 2 rings (SSSR count). The summed E-state index contributed by atoms with van der Waals surface area (Å²) in [6.07, 6.45) is 3.48.